The fourth-order valence-corrected chi connectivity index (χ4v) is 7.03. The van der Waals surface area contributed by atoms with Gasteiger partial charge in [0.1, 0.15) is 29.8 Å². The molecule has 1 aliphatic heterocycles. The first-order valence-corrected chi connectivity index (χ1v) is 15.5. The topological polar surface area (TPSA) is 136 Å². The largest absolute Gasteiger partial charge is 0.478 e. The van der Waals surface area contributed by atoms with Gasteiger partial charge in [-0.2, -0.15) is 0 Å². The van der Waals surface area contributed by atoms with Crippen molar-refractivity contribution in [1.29, 1.82) is 0 Å². The fourth-order valence-electron chi connectivity index (χ4n) is 7.03. The quantitative estimate of drug-likeness (QED) is 0.261. The number of likely N-dealkylation sites (tertiary alicyclic amines) is 1. The minimum absolute atomic E-state index is 0.00967. The zero-order valence-electron chi connectivity index (χ0n) is 24.6. The van der Waals surface area contributed by atoms with E-state index in [2.05, 4.69) is 10.6 Å². The Hall–Kier alpha value is -3.22. The highest BCUT2D eigenvalue weighted by Crippen LogP contribution is 2.39. The van der Waals surface area contributed by atoms with Crippen molar-refractivity contribution in [2.45, 2.75) is 102 Å². The van der Waals surface area contributed by atoms with Gasteiger partial charge in [0, 0.05) is 25.1 Å². The van der Waals surface area contributed by atoms with Crippen LogP contribution in [-0.2, 0) is 20.8 Å². The maximum atomic E-state index is 14.3. The van der Waals surface area contributed by atoms with Crippen molar-refractivity contribution in [2.24, 2.45) is 17.8 Å². The molecule has 9 nitrogen and oxygen atoms in total. The van der Waals surface area contributed by atoms with Crippen molar-refractivity contribution >= 4 is 23.7 Å². The summed E-state index contributed by atoms with van der Waals surface area (Å²) < 4.78 is 55.5. The summed E-state index contributed by atoms with van der Waals surface area (Å²) in [5.74, 6) is -5.99. The van der Waals surface area contributed by atoms with Crippen LogP contribution in [0.5, 0.6) is 0 Å². The lowest BCUT2D eigenvalue weighted by Crippen LogP contribution is -2.55. The Morgan fingerprint density at radius 2 is 1.55 bits per heavy atom. The van der Waals surface area contributed by atoms with Crippen LogP contribution < -0.4 is 10.6 Å². The first-order chi connectivity index (χ1) is 21.0. The smallest absolute Gasteiger partial charge is 0.335 e. The lowest BCUT2D eigenvalue weighted by molar-refractivity contribution is -0.148. The zero-order valence-corrected chi connectivity index (χ0v) is 24.6. The van der Waals surface area contributed by atoms with Crippen molar-refractivity contribution in [3.8, 4) is 0 Å². The van der Waals surface area contributed by atoms with Gasteiger partial charge >= 0.3 is 5.97 Å². The Morgan fingerprint density at radius 3 is 2.14 bits per heavy atom. The molecule has 0 spiro atoms. The molecule has 1 aromatic rings. The number of aromatic carboxylic acids is 1. The third kappa shape index (κ3) is 8.28. The first-order valence-electron chi connectivity index (χ1n) is 15.5. The molecule has 244 valence electrons. The van der Waals surface area contributed by atoms with Gasteiger partial charge in [-0.05, 0) is 55.6 Å². The van der Waals surface area contributed by atoms with Gasteiger partial charge in [0.2, 0.25) is 18.2 Å². The average molecular weight is 628 g/mol. The number of nitrogens with zero attached hydrogens (tertiary/aromatic N) is 1. The zero-order chi connectivity index (χ0) is 32.0. The van der Waals surface area contributed by atoms with Crippen molar-refractivity contribution in [2.75, 3.05) is 13.1 Å². The van der Waals surface area contributed by atoms with Gasteiger partial charge in [-0.1, -0.05) is 44.9 Å². The second-order valence-electron chi connectivity index (χ2n) is 12.3. The van der Waals surface area contributed by atoms with Gasteiger partial charge in [0.15, 0.2) is 0 Å². The molecule has 1 aromatic carbocycles. The molecule has 2 saturated carbocycles. The predicted octanol–water partition coefficient (Wildman–Crippen LogP) is 3.81. The SMILES string of the molecule is O=C(O)c1cc(F)c(CCNC(=O)C(CC(F)F)NC(=O)C2CC(C3CCCC3)CN2C(=O)C(O)C2CCCCC2)c(F)c1. The second-order valence-corrected chi connectivity index (χ2v) is 12.3. The summed E-state index contributed by atoms with van der Waals surface area (Å²) in [5.41, 5.74) is -1.08. The highest BCUT2D eigenvalue weighted by atomic mass is 19.3. The van der Waals surface area contributed by atoms with Crippen molar-refractivity contribution in [3.63, 3.8) is 0 Å². The van der Waals surface area contributed by atoms with E-state index in [1.807, 2.05) is 0 Å². The molecule has 0 bridgehead atoms. The lowest BCUT2D eigenvalue weighted by atomic mass is 9.84. The molecule has 4 N–H and O–H groups in total. The van der Waals surface area contributed by atoms with E-state index < -0.39 is 83.9 Å². The van der Waals surface area contributed by atoms with Crippen LogP contribution in [0.2, 0.25) is 0 Å². The maximum absolute atomic E-state index is 14.3. The second kappa shape index (κ2) is 15.2. The van der Waals surface area contributed by atoms with Crippen LogP contribution in [0.3, 0.4) is 0 Å². The number of alkyl halides is 2. The van der Waals surface area contributed by atoms with Gasteiger partial charge in [0.25, 0.3) is 5.91 Å². The highest BCUT2D eigenvalue weighted by molar-refractivity contribution is 5.93. The highest BCUT2D eigenvalue weighted by Gasteiger charge is 2.46. The van der Waals surface area contributed by atoms with Crippen molar-refractivity contribution < 1.29 is 47.0 Å². The number of carboxylic acid groups (broad SMARTS) is 1. The average Bonchev–Trinajstić information content (AvgIpc) is 3.68. The Kier molecular flexibility index (Phi) is 11.6. The molecule has 44 heavy (non-hydrogen) atoms. The van der Waals surface area contributed by atoms with E-state index in [9.17, 15) is 41.8 Å². The minimum atomic E-state index is -2.97. The summed E-state index contributed by atoms with van der Waals surface area (Å²) in [6.45, 7) is -0.102. The molecule has 2 aliphatic carbocycles. The monoisotopic (exact) mass is 627 g/mol. The van der Waals surface area contributed by atoms with Crippen LogP contribution in [0.15, 0.2) is 12.1 Å². The maximum Gasteiger partial charge on any atom is 0.335 e. The summed E-state index contributed by atoms with van der Waals surface area (Å²) >= 11 is 0. The number of hydrogen-bond acceptors (Lipinski definition) is 5. The molecule has 1 saturated heterocycles. The van der Waals surface area contributed by atoms with Crippen LogP contribution >= 0.6 is 0 Å². The third-order valence-corrected chi connectivity index (χ3v) is 9.44. The van der Waals surface area contributed by atoms with Gasteiger partial charge < -0.3 is 25.7 Å². The third-order valence-electron chi connectivity index (χ3n) is 9.44. The molecule has 3 fully saturated rings. The summed E-state index contributed by atoms with van der Waals surface area (Å²) in [4.78, 5) is 52.3. The van der Waals surface area contributed by atoms with Crippen LogP contribution in [0.4, 0.5) is 17.6 Å². The van der Waals surface area contributed by atoms with Crippen molar-refractivity contribution in [1.82, 2.24) is 15.5 Å². The molecule has 4 atom stereocenters. The minimum Gasteiger partial charge on any atom is -0.478 e. The summed E-state index contributed by atoms with van der Waals surface area (Å²) in [7, 11) is 0. The molecular formula is C31H41F4N3O6. The molecule has 3 aliphatic rings. The number of amides is 3. The molecule has 0 radical (unpaired) electrons. The number of aliphatic hydroxyl groups is 1. The number of aliphatic hydroxyl groups excluding tert-OH is 1. The fraction of sp³-hybridized carbons (Fsp3) is 0.677. The molecular weight excluding hydrogens is 586 g/mol. The number of hydrogen-bond donors (Lipinski definition) is 4. The number of halogens is 4. The standard InChI is InChI=1S/C31H41F4N3O6/c32-22-12-19(31(43)44)13-23(33)21(22)10-11-36-28(40)24(15-26(34)35)37-29(41)25-14-20(17-6-4-5-7-17)16-38(25)30(42)27(39)18-8-2-1-3-9-18/h12-13,17-18,20,24-27,39H,1-11,14-16H2,(H,36,40)(H,37,41)(H,43,44). The van der Waals surface area contributed by atoms with Crippen LogP contribution in [0, 0.1) is 29.4 Å². The van der Waals surface area contributed by atoms with E-state index in [4.69, 9.17) is 5.11 Å². The Morgan fingerprint density at radius 1 is 0.932 bits per heavy atom. The molecule has 13 heteroatoms. The summed E-state index contributed by atoms with van der Waals surface area (Å²) in [6.07, 6.45) is 2.91. The van der Waals surface area contributed by atoms with E-state index in [1.165, 1.54) is 4.90 Å². The van der Waals surface area contributed by atoms with Gasteiger partial charge in [-0.25, -0.2) is 22.4 Å². The van der Waals surface area contributed by atoms with Crippen LogP contribution in [-0.4, -0.2) is 76.5 Å². The summed E-state index contributed by atoms with van der Waals surface area (Å²) in [5, 5.41) is 24.6. The van der Waals surface area contributed by atoms with E-state index in [1.54, 1.807) is 0 Å². The van der Waals surface area contributed by atoms with E-state index in [0.717, 1.165) is 44.9 Å². The predicted molar refractivity (Wildman–Crippen MR) is 151 cm³/mol. The molecule has 1 heterocycles. The molecule has 3 amide bonds. The van der Waals surface area contributed by atoms with Crippen LogP contribution in [0.25, 0.3) is 0 Å². The van der Waals surface area contributed by atoms with Crippen molar-refractivity contribution in [3.05, 3.63) is 34.9 Å². The normalized spacial score (nSPS) is 22.6. The van der Waals surface area contributed by atoms with E-state index in [-0.39, 0.29) is 24.9 Å². The number of carboxylic acids is 1. The Bertz CT molecular complexity index is 1180. The Balaban J connectivity index is 1.43. The van der Waals surface area contributed by atoms with E-state index >= 15 is 0 Å². The molecule has 4 rings (SSSR count). The number of carbonyl (C=O) groups excluding carboxylic acids is 3. The number of carbonyl (C=O) groups is 4. The van der Waals surface area contributed by atoms with Gasteiger partial charge in [0.05, 0.1) is 5.56 Å². The Labute approximate surface area is 253 Å². The number of rotatable bonds is 12. The first kappa shape index (κ1) is 33.7. The summed E-state index contributed by atoms with van der Waals surface area (Å²) in [6, 6.07) is -1.44. The van der Waals surface area contributed by atoms with E-state index in [0.29, 0.717) is 37.3 Å². The van der Waals surface area contributed by atoms with Gasteiger partial charge in [-0.15, -0.1) is 0 Å². The van der Waals surface area contributed by atoms with Gasteiger partial charge in [-0.3, -0.25) is 14.4 Å². The molecule has 0 aromatic heterocycles. The number of benzene rings is 1. The molecule has 4 unspecified atom stereocenters. The lowest BCUT2D eigenvalue weighted by Gasteiger charge is -2.32. The number of nitrogens with one attached hydrogen (secondary N) is 2. The van der Waals surface area contributed by atoms with Crippen LogP contribution in [0.1, 0.15) is 86.6 Å².